The van der Waals surface area contributed by atoms with Crippen LogP contribution in [0.1, 0.15) is 10.4 Å². The summed E-state index contributed by atoms with van der Waals surface area (Å²) in [4.78, 5) is 16.2. The van der Waals surface area contributed by atoms with E-state index in [9.17, 15) is 17.6 Å². The van der Waals surface area contributed by atoms with Crippen molar-refractivity contribution in [3.8, 4) is 0 Å². The molecule has 0 radical (unpaired) electrons. The first-order valence-electron chi connectivity index (χ1n) is 7.54. The Morgan fingerprint density at radius 2 is 1.65 bits per heavy atom. The molecule has 26 heavy (non-hydrogen) atoms. The molecule has 3 rings (SSSR count). The molecule has 2 aromatic carbocycles. The molecule has 1 aromatic heterocycles. The Morgan fingerprint density at radius 3 is 2.38 bits per heavy atom. The number of hydrogen-bond donors (Lipinski definition) is 2. The lowest BCUT2D eigenvalue weighted by Gasteiger charge is -2.10. The Bertz CT molecular complexity index is 1040. The lowest BCUT2D eigenvalue weighted by atomic mass is 10.2. The summed E-state index contributed by atoms with van der Waals surface area (Å²) in [7, 11) is -3.80. The first-order chi connectivity index (χ1) is 12.5. The standard InChI is InChI=1S/C18H14FN3O3S/c19-16-8-4-5-9-17(16)21-18(23)13-10-14(12-20-11-13)22-26(24,25)15-6-2-1-3-7-15/h1-12,22H,(H,21,23). The number of carbonyl (C=O) groups excluding carboxylic acids is 1. The van der Waals surface area contributed by atoms with Crippen LogP contribution in [0.25, 0.3) is 0 Å². The van der Waals surface area contributed by atoms with E-state index in [1.807, 2.05) is 0 Å². The van der Waals surface area contributed by atoms with Crippen molar-refractivity contribution in [1.29, 1.82) is 0 Å². The molecule has 1 heterocycles. The highest BCUT2D eigenvalue weighted by Crippen LogP contribution is 2.18. The van der Waals surface area contributed by atoms with Crippen LogP contribution in [0.4, 0.5) is 15.8 Å². The van der Waals surface area contributed by atoms with Gasteiger partial charge in [0.05, 0.1) is 28.0 Å². The van der Waals surface area contributed by atoms with E-state index in [2.05, 4.69) is 15.0 Å². The fraction of sp³-hybridized carbons (Fsp3) is 0. The van der Waals surface area contributed by atoms with Gasteiger partial charge in [0.1, 0.15) is 5.82 Å². The molecule has 0 spiro atoms. The maximum absolute atomic E-state index is 13.6. The second-order valence-electron chi connectivity index (χ2n) is 5.31. The van der Waals surface area contributed by atoms with Gasteiger partial charge < -0.3 is 5.32 Å². The molecule has 0 aliphatic heterocycles. The molecule has 0 fully saturated rings. The highest BCUT2D eigenvalue weighted by molar-refractivity contribution is 7.92. The van der Waals surface area contributed by atoms with Gasteiger partial charge in [-0.05, 0) is 30.3 Å². The first kappa shape index (κ1) is 17.6. The second-order valence-corrected chi connectivity index (χ2v) is 7.00. The maximum Gasteiger partial charge on any atom is 0.261 e. The van der Waals surface area contributed by atoms with Gasteiger partial charge in [0.2, 0.25) is 0 Å². The molecule has 2 N–H and O–H groups in total. The van der Waals surface area contributed by atoms with Crippen LogP contribution in [-0.4, -0.2) is 19.3 Å². The van der Waals surface area contributed by atoms with Crippen molar-refractivity contribution in [3.63, 3.8) is 0 Å². The molecular formula is C18H14FN3O3S. The van der Waals surface area contributed by atoms with E-state index in [4.69, 9.17) is 0 Å². The van der Waals surface area contributed by atoms with Gasteiger partial charge in [-0.25, -0.2) is 12.8 Å². The summed E-state index contributed by atoms with van der Waals surface area (Å²) in [6.45, 7) is 0. The number of carbonyl (C=O) groups is 1. The van der Waals surface area contributed by atoms with Gasteiger partial charge in [-0.1, -0.05) is 30.3 Å². The van der Waals surface area contributed by atoms with Gasteiger partial charge in [0.15, 0.2) is 0 Å². The minimum Gasteiger partial charge on any atom is -0.319 e. The van der Waals surface area contributed by atoms with E-state index in [1.165, 1.54) is 48.8 Å². The SMILES string of the molecule is O=C(Nc1ccccc1F)c1cncc(NS(=O)(=O)c2ccccc2)c1. The van der Waals surface area contributed by atoms with Crippen LogP contribution in [0.5, 0.6) is 0 Å². The lowest BCUT2D eigenvalue weighted by molar-refractivity contribution is 0.102. The van der Waals surface area contributed by atoms with Gasteiger partial charge in [0, 0.05) is 6.20 Å². The zero-order valence-corrected chi connectivity index (χ0v) is 14.2. The summed E-state index contributed by atoms with van der Waals surface area (Å²) in [5, 5.41) is 2.42. The molecule has 0 unspecified atom stereocenters. The van der Waals surface area contributed by atoms with E-state index in [1.54, 1.807) is 24.3 Å². The highest BCUT2D eigenvalue weighted by atomic mass is 32.2. The quantitative estimate of drug-likeness (QED) is 0.720. The normalized spacial score (nSPS) is 11.0. The number of sulfonamides is 1. The molecule has 0 aliphatic carbocycles. The van der Waals surface area contributed by atoms with E-state index < -0.39 is 21.7 Å². The van der Waals surface area contributed by atoms with Crippen molar-refractivity contribution in [1.82, 2.24) is 4.98 Å². The number of nitrogens with zero attached hydrogens (tertiary/aromatic N) is 1. The van der Waals surface area contributed by atoms with Crippen LogP contribution in [0.3, 0.4) is 0 Å². The molecule has 1 amide bonds. The molecule has 0 aliphatic rings. The Balaban J connectivity index is 1.80. The summed E-state index contributed by atoms with van der Waals surface area (Å²) in [5.41, 5.74) is 0.226. The Labute approximate surface area is 149 Å². The zero-order chi connectivity index (χ0) is 18.6. The van der Waals surface area contributed by atoms with E-state index in [0.717, 1.165) is 0 Å². The third kappa shape index (κ3) is 4.04. The van der Waals surface area contributed by atoms with Gasteiger partial charge in [-0.2, -0.15) is 0 Å². The number of rotatable bonds is 5. The van der Waals surface area contributed by atoms with Crippen molar-refractivity contribution in [2.24, 2.45) is 0 Å². The first-order valence-corrected chi connectivity index (χ1v) is 9.03. The average Bonchev–Trinajstić information content (AvgIpc) is 2.64. The summed E-state index contributed by atoms with van der Waals surface area (Å²) in [6.07, 6.45) is 2.54. The minimum absolute atomic E-state index is 0.0211. The summed E-state index contributed by atoms with van der Waals surface area (Å²) < 4.78 is 40.7. The number of halogens is 1. The number of benzene rings is 2. The molecule has 0 atom stereocenters. The number of pyridine rings is 1. The van der Waals surface area contributed by atoms with E-state index >= 15 is 0 Å². The molecule has 6 nitrogen and oxygen atoms in total. The van der Waals surface area contributed by atoms with Gasteiger partial charge in [-0.15, -0.1) is 0 Å². The third-order valence-corrected chi connectivity index (χ3v) is 4.83. The number of hydrogen-bond acceptors (Lipinski definition) is 4. The van der Waals surface area contributed by atoms with Crippen molar-refractivity contribution >= 4 is 27.3 Å². The lowest BCUT2D eigenvalue weighted by Crippen LogP contribution is -2.16. The molecule has 3 aromatic rings. The molecule has 0 saturated heterocycles. The molecule has 8 heteroatoms. The van der Waals surface area contributed by atoms with Crippen molar-refractivity contribution < 1.29 is 17.6 Å². The smallest absolute Gasteiger partial charge is 0.261 e. The predicted molar refractivity (Wildman–Crippen MR) is 95.8 cm³/mol. The number of para-hydroxylation sites is 1. The van der Waals surface area contributed by atoms with Gasteiger partial charge >= 0.3 is 0 Å². The molecule has 132 valence electrons. The molecular weight excluding hydrogens is 357 g/mol. The monoisotopic (exact) mass is 371 g/mol. The fourth-order valence-corrected chi connectivity index (χ4v) is 3.25. The minimum atomic E-state index is -3.80. The van der Waals surface area contributed by atoms with Crippen molar-refractivity contribution in [3.05, 3.63) is 84.4 Å². The zero-order valence-electron chi connectivity index (χ0n) is 13.4. The second kappa shape index (κ2) is 7.32. The van der Waals surface area contributed by atoms with E-state index in [0.29, 0.717) is 0 Å². The topological polar surface area (TPSA) is 88.2 Å². The van der Waals surface area contributed by atoms with Gasteiger partial charge in [0.25, 0.3) is 15.9 Å². The van der Waals surface area contributed by atoms with Crippen LogP contribution < -0.4 is 10.0 Å². The van der Waals surface area contributed by atoms with Gasteiger partial charge in [-0.3, -0.25) is 14.5 Å². The number of nitrogens with one attached hydrogen (secondary N) is 2. The predicted octanol–water partition coefficient (Wildman–Crippen LogP) is 3.27. The summed E-state index contributed by atoms with van der Waals surface area (Å²) in [5.74, 6) is -1.18. The Morgan fingerprint density at radius 1 is 0.962 bits per heavy atom. The fourth-order valence-electron chi connectivity index (χ4n) is 2.19. The Hall–Kier alpha value is -3.26. The Kier molecular flexibility index (Phi) is 4.94. The molecule has 0 saturated carbocycles. The average molecular weight is 371 g/mol. The third-order valence-electron chi connectivity index (χ3n) is 3.43. The highest BCUT2D eigenvalue weighted by Gasteiger charge is 2.15. The van der Waals surface area contributed by atoms with Crippen LogP contribution >= 0.6 is 0 Å². The molecule has 0 bridgehead atoms. The summed E-state index contributed by atoms with van der Waals surface area (Å²) in [6, 6.07) is 14.9. The maximum atomic E-state index is 13.6. The largest absolute Gasteiger partial charge is 0.319 e. The summed E-state index contributed by atoms with van der Waals surface area (Å²) >= 11 is 0. The van der Waals surface area contributed by atoms with Crippen molar-refractivity contribution in [2.45, 2.75) is 4.90 Å². The van der Waals surface area contributed by atoms with Crippen LogP contribution in [0, 0.1) is 5.82 Å². The number of amides is 1. The van der Waals surface area contributed by atoms with Crippen LogP contribution in [-0.2, 0) is 10.0 Å². The van der Waals surface area contributed by atoms with E-state index in [-0.39, 0.29) is 21.8 Å². The van der Waals surface area contributed by atoms with Crippen LogP contribution in [0.2, 0.25) is 0 Å². The number of anilines is 2. The van der Waals surface area contributed by atoms with Crippen LogP contribution in [0.15, 0.2) is 78.0 Å². The van der Waals surface area contributed by atoms with Crippen molar-refractivity contribution in [2.75, 3.05) is 10.0 Å². The number of aromatic nitrogens is 1.